The molecule has 94 valence electrons. The fourth-order valence-electron chi connectivity index (χ4n) is 3.44. The Labute approximate surface area is 104 Å². The molecular formula is C14H23N3. The Morgan fingerprint density at radius 1 is 1.06 bits per heavy atom. The Bertz CT molecular complexity index is 377. The van der Waals surface area contributed by atoms with Crippen LogP contribution in [0.5, 0.6) is 0 Å². The van der Waals surface area contributed by atoms with Crippen molar-refractivity contribution in [2.75, 3.05) is 18.5 Å². The molecule has 1 N–H and O–H groups in total. The summed E-state index contributed by atoms with van der Waals surface area (Å²) in [6.45, 7) is 6.94. The van der Waals surface area contributed by atoms with E-state index < -0.39 is 0 Å². The zero-order chi connectivity index (χ0) is 11.8. The van der Waals surface area contributed by atoms with E-state index in [-0.39, 0.29) is 0 Å². The van der Waals surface area contributed by atoms with Gasteiger partial charge >= 0.3 is 0 Å². The lowest BCUT2D eigenvalue weighted by Gasteiger charge is -2.33. The van der Waals surface area contributed by atoms with E-state index in [0.717, 1.165) is 6.04 Å². The predicted octanol–water partition coefficient (Wildman–Crippen LogP) is 2.28. The molecule has 0 bridgehead atoms. The second-order valence-corrected chi connectivity index (χ2v) is 5.57. The molecule has 2 unspecified atom stereocenters. The summed E-state index contributed by atoms with van der Waals surface area (Å²) >= 11 is 0. The highest BCUT2D eigenvalue weighted by atomic mass is 15.4. The van der Waals surface area contributed by atoms with E-state index in [9.17, 15) is 0 Å². The molecule has 3 heteroatoms. The standard InChI is InChI=1S/C14H23N3/c1-11-6-7-12(2)17(11)15-13-8-10-16-9-4-3-5-14(13)16/h6-7,13-15H,3-5,8-10H2,1-2H3. The number of aromatic nitrogens is 1. The van der Waals surface area contributed by atoms with E-state index in [4.69, 9.17) is 0 Å². The van der Waals surface area contributed by atoms with Crippen molar-refractivity contribution in [1.82, 2.24) is 9.58 Å². The van der Waals surface area contributed by atoms with Crippen molar-refractivity contribution >= 4 is 0 Å². The first-order chi connectivity index (χ1) is 8.25. The minimum atomic E-state index is 0.639. The van der Waals surface area contributed by atoms with Gasteiger partial charge in [-0.2, -0.15) is 0 Å². The maximum atomic E-state index is 3.73. The van der Waals surface area contributed by atoms with Gasteiger partial charge in [-0.1, -0.05) is 6.42 Å². The van der Waals surface area contributed by atoms with E-state index in [0.29, 0.717) is 6.04 Å². The van der Waals surface area contributed by atoms with Gasteiger partial charge < -0.3 is 5.43 Å². The first-order valence-electron chi connectivity index (χ1n) is 6.91. The molecule has 2 atom stereocenters. The topological polar surface area (TPSA) is 20.2 Å². The maximum Gasteiger partial charge on any atom is 0.0591 e. The fraction of sp³-hybridized carbons (Fsp3) is 0.714. The van der Waals surface area contributed by atoms with Crippen LogP contribution >= 0.6 is 0 Å². The van der Waals surface area contributed by atoms with Crippen LogP contribution in [0.4, 0.5) is 0 Å². The lowest BCUT2D eigenvalue weighted by atomic mass is 9.99. The van der Waals surface area contributed by atoms with Gasteiger partial charge in [0, 0.05) is 24.0 Å². The van der Waals surface area contributed by atoms with Gasteiger partial charge in [0.2, 0.25) is 0 Å². The van der Waals surface area contributed by atoms with E-state index in [1.165, 1.54) is 50.2 Å². The van der Waals surface area contributed by atoms with Crippen molar-refractivity contribution in [1.29, 1.82) is 0 Å². The molecule has 2 saturated heterocycles. The van der Waals surface area contributed by atoms with Crippen molar-refractivity contribution < 1.29 is 0 Å². The van der Waals surface area contributed by atoms with E-state index >= 15 is 0 Å². The van der Waals surface area contributed by atoms with Crippen molar-refractivity contribution in [3.63, 3.8) is 0 Å². The third-order valence-corrected chi connectivity index (χ3v) is 4.42. The molecular weight excluding hydrogens is 210 g/mol. The van der Waals surface area contributed by atoms with E-state index in [2.05, 4.69) is 41.0 Å². The zero-order valence-electron chi connectivity index (χ0n) is 10.9. The highest BCUT2D eigenvalue weighted by Crippen LogP contribution is 2.28. The number of aryl methyl sites for hydroxylation is 2. The van der Waals surface area contributed by atoms with Crippen molar-refractivity contribution in [2.45, 2.75) is 51.6 Å². The molecule has 3 rings (SSSR count). The second kappa shape index (κ2) is 4.37. The summed E-state index contributed by atoms with van der Waals surface area (Å²) in [5, 5.41) is 0. The van der Waals surface area contributed by atoms with Crippen LogP contribution in [0, 0.1) is 13.8 Å². The molecule has 2 fully saturated rings. The van der Waals surface area contributed by atoms with Crippen molar-refractivity contribution in [3.8, 4) is 0 Å². The van der Waals surface area contributed by atoms with Crippen LogP contribution in [0.3, 0.4) is 0 Å². The van der Waals surface area contributed by atoms with Crippen LogP contribution in [-0.4, -0.2) is 34.7 Å². The number of piperidine rings is 1. The average molecular weight is 233 g/mol. The average Bonchev–Trinajstić information content (AvgIpc) is 2.88. The Kier molecular flexibility index (Phi) is 2.87. The van der Waals surface area contributed by atoms with Gasteiger partial charge in [-0.3, -0.25) is 9.58 Å². The third-order valence-electron chi connectivity index (χ3n) is 4.42. The Morgan fingerprint density at radius 3 is 2.59 bits per heavy atom. The van der Waals surface area contributed by atoms with Crippen LogP contribution in [0.1, 0.15) is 37.1 Å². The lowest BCUT2D eigenvalue weighted by molar-refractivity contribution is 0.190. The molecule has 3 heterocycles. The predicted molar refractivity (Wildman–Crippen MR) is 70.9 cm³/mol. The molecule has 0 spiro atoms. The SMILES string of the molecule is Cc1ccc(C)n1NC1CCN2CCCCC12. The van der Waals surface area contributed by atoms with Gasteiger partial charge in [0.15, 0.2) is 0 Å². The van der Waals surface area contributed by atoms with Crippen LogP contribution in [0.25, 0.3) is 0 Å². The summed E-state index contributed by atoms with van der Waals surface area (Å²) in [4.78, 5) is 2.68. The molecule has 0 aromatic carbocycles. The van der Waals surface area contributed by atoms with Gasteiger partial charge in [0.05, 0.1) is 6.04 Å². The van der Waals surface area contributed by atoms with Gasteiger partial charge in [-0.15, -0.1) is 0 Å². The van der Waals surface area contributed by atoms with Gasteiger partial charge in [0.1, 0.15) is 0 Å². The molecule has 0 saturated carbocycles. The van der Waals surface area contributed by atoms with Crippen LogP contribution in [0.2, 0.25) is 0 Å². The van der Waals surface area contributed by atoms with Crippen LogP contribution in [-0.2, 0) is 0 Å². The first kappa shape index (κ1) is 11.1. The first-order valence-corrected chi connectivity index (χ1v) is 6.91. The summed E-state index contributed by atoms with van der Waals surface area (Å²) in [7, 11) is 0. The molecule has 0 radical (unpaired) electrons. The zero-order valence-corrected chi connectivity index (χ0v) is 10.9. The Balaban J connectivity index is 1.73. The summed E-state index contributed by atoms with van der Waals surface area (Å²) in [6, 6.07) is 5.79. The summed E-state index contributed by atoms with van der Waals surface area (Å²) in [6.07, 6.45) is 5.46. The number of nitrogens with one attached hydrogen (secondary N) is 1. The normalized spacial score (nSPS) is 29.3. The Hall–Kier alpha value is -0.960. The number of fused-ring (bicyclic) bond motifs is 1. The van der Waals surface area contributed by atoms with Crippen LogP contribution in [0.15, 0.2) is 12.1 Å². The van der Waals surface area contributed by atoms with Gasteiger partial charge in [0.25, 0.3) is 0 Å². The maximum absolute atomic E-state index is 3.73. The molecule has 3 nitrogen and oxygen atoms in total. The monoisotopic (exact) mass is 233 g/mol. The molecule has 1 aromatic heterocycles. The number of hydrogen-bond donors (Lipinski definition) is 1. The minimum Gasteiger partial charge on any atom is -0.321 e. The largest absolute Gasteiger partial charge is 0.321 e. The Morgan fingerprint density at radius 2 is 1.82 bits per heavy atom. The summed E-state index contributed by atoms with van der Waals surface area (Å²) < 4.78 is 2.27. The third kappa shape index (κ3) is 1.97. The van der Waals surface area contributed by atoms with E-state index in [1.54, 1.807) is 0 Å². The number of hydrogen-bond acceptors (Lipinski definition) is 2. The van der Waals surface area contributed by atoms with Crippen molar-refractivity contribution in [2.24, 2.45) is 0 Å². The number of rotatable bonds is 2. The molecule has 0 aliphatic carbocycles. The molecule has 1 aromatic rings. The second-order valence-electron chi connectivity index (χ2n) is 5.57. The summed E-state index contributed by atoms with van der Waals surface area (Å²) in [5.41, 5.74) is 6.36. The fourth-order valence-corrected chi connectivity index (χ4v) is 3.44. The van der Waals surface area contributed by atoms with E-state index in [1.807, 2.05) is 0 Å². The minimum absolute atomic E-state index is 0.639. The highest BCUT2D eigenvalue weighted by molar-refractivity contribution is 5.17. The van der Waals surface area contributed by atoms with Crippen molar-refractivity contribution in [3.05, 3.63) is 23.5 Å². The highest BCUT2D eigenvalue weighted by Gasteiger charge is 2.35. The quantitative estimate of drug-likeness (QED) is 0.845. The molecule has 2 aliphatic rings. The summed E-state index contributed by atoms with van der Waals surface area (Å²) in [5.74, 6) is 0. The lowest BCUT2D eigenvalue weighted by Crippen LogP contribution is -2.44. The molecule has 0 amide bonds. The molecule has 2 aliphatic heterocycles. The number of nitrogens with zero attached hydrogens (tertiary/aromatic N) is 2. The van der Waals surface area contributed by atoms with Gasteiger partial charge in [-0.25, -0.2) is 0 Å². The molecule has 17 heavy (non-hydrogen) atoms. The smallest absolute Gasteiger partial charge is 0.0591 e. The van der Waals surface area contributed by atoms with Gasteiger partial charge in [-0.05, 0) is 51.8 Å². The van der Waals surface area contributed by atoms with Crippen LogP contribution < -0.4 is 5.43 Å².